The van der Waals surface area contributed by atoms with E-state index in [0.717, 1.165) is 0 Å². The molecule has 0 aliphatic rings. The molecule has 0 saturated carbocycles. The average Bonchev–Trinajstić information content (AvgIpc) is 2.28. The Morgan fingerprint density at radius 1 is 0.789 bits per heavy atom. The maximum atomic E-state index is 2.29. The number of hydrogen-bond acceptors (Lipinski definition) is 1. The summed E-state index contributed by atoms with van der Waals surface area (Å²) in [5, 5.41) is 0. The summed E-state index contributed by atoms with van der Waals surface area (Å²) < 4.78 is 1.20. The van der Waals surface area contributed by atoms with Gasteiger partial charge in [-0.05, 0) is 20.8 Å². The van der Waals surface area contributed by atoms with Crippen molar-refractivity contribution in [3.05, 3.63) is 35.9 Å². The van der Waals surface area contributed by atoms with Crippen LogP contribution in [-0.2, 0) is 23.6 Å². The molecule has 0 amide bonds. The van der Waals surface area contributed by atoms with Gasteiger partial charge in [-0.15, -0.1) is 0 Å². The molecule has 0 heterocycles. The van der Waals surface area contributed by atoms with Crippen LogP contribution in [0.5, 0.6) is 0 Å². The Balaban J connectivity index is -0.000000131. The number of quaternary nitrogens is 1. The second kappa shape index (κ2) is 15.6. The zero-order valence-electron chi connectivity index (χ0n) is 12.0. The van der Waals surface area contributed by atoms with Crippen LogP contribution in [0.15, 0.2) is 30.3 Å². The third-order valence-electron chi connectivity index (χ3n) is 3.37. The second-order valence-corrected chi connectivity index (χ2v) is 3.93. The first kappa shape index (κ1) is 31.1. The molecule has 5 nitrogen and oxygen atoms in total. The molecule has 1 rings (SSSR count). The van der Waals surface area contributed by atoms with Gasteiger partial charge in [-0.1, -0.05) is 30.3 Å². The molecule has 1 aromatic rings. The molecule has 0 aliphatic carbocycles. The van der Waals surface area contributed by atoms with E-state index >= 15 is 0 Å². The molecule has 0 atom stereocenters. The normalized spacial score (nSPS) is 8.58. The Morgan fingerprint density at radius 2 is 1.16 bits per heavy atom. The molecule has 1 aromatic carbocycles. The fraction of sp³-hybridized carbons (Fsp3) is 0.538. The molecule has 0 saturated heterocycles. The zero-order chi connectivity index (χ0) is 10.4. The average molecular weight is 318 g/mol. The van der Waals surface area contributed by atoms with Gasteiger partial charge in [-0.25, -0.2) is 0 Å². The standard InChI is InChI=1S/C13H22N.Mn.4H2O/c1-4-14(5-2,6-3)12-13-10-8-7-9-11-13;;;;;/h7-11H,4-6,12H2,1-3H3;;4*1H2/q+1;;;;;/p-1. The van der Waals surface area contributed by atoms with Gasteiger partial charge in [0.25, 0.3) is 0 Å². The predicted molar refractivity (Wildman–Crippen MR) is 74.8 cm³/mol. The van der Waals surface area contributed by atoms with Gasteiger partial charge in [-0.3, -0.25) is 0 Å². The van der Waals surface area contributed by atoms with Crippen molar-refractivity contribution in [2.45, 2.75) is 27.3 Å². The topological polar surface area (TPSA) is 124 Å². The van der Waals surface area contributed by atoms with Crippen LogP contribution in [0.3, 0.4) is 0 Å². The maximum absolute atomic E-state index is 2.29. The zero-order valence-corrected chi connectivity index (χ0v) is 13.2. The molecule has 0 bridgehead atoms. The minimum Gasteiger partial charge on any atom is -0.870 e. The van der Waals surface area contributed by atoms with E-state index < -0.39 is 0 Å². The van der Waals surface area contributed by atoms with E-state index in [0.29, 0.717) is 0 Å². The van der Waals surface area contributed by atoms with Crippen molar-refractivity contribution in [3.8, 4) is 0 Å². The number of rotatable bonds is 5. The SMILES string of the molecule is CC[N+](CC)(CC)Cc1ccccc1.O.O.O.[Mn].[OH-]. The maximum Gasteiger partial charge on any atom is 0.104 e. The summed E-state index contributed by atoms with van der Waals surface area (Å²) in [5.41, 5.74) is 1.46. The summed E-state index contributed by atoms with van der Waals surface area (Å²) in [7, 11) is 0. The number of hydrogen-bond donors (Lipinski definition) is 0. The Morgan fingerprint density at radius 3 is 1.47 bits per heavy atom. The van der Waals surface area contributed by atoms with Crippen LogP contribution in [0.25, 0.3) is 0 Å². The molecule has 0 aromatic heterocycles. The monoisotopic (exact) mass is 318 g/mol. The summed E-state index contributed by atoms with van der Waals surface area (Å²) in [4.78, 5) is 0. The Kier molecular flexibility index (Phi) is 25.5. The van der Waals surface area contributed by atoms with E-state index in [1.807, 2.05) is 0 Å². The van der Waals surface area contributed by atoms with Crippen LogP contribution in [0, 0.1) is 0 Å². The third kappa shape index (κ3) is 9.13. The predicted octanol–water partition coefficient (Wildman–Crippen LogP) is 0.410. The number of nitrogens with zero attached hydrogens (tertiary/aromatic N) is 1. The molecule has 117 valence electrons. The largest absolute Gasteiger partial charge is 0.870 e. The van der Waals surface area contributed by atoms with Gasteiger partial charge in [-0.2, -0.15) is 0 Å². The van der Waals surface area contributed by atoms with Crippen molar-refractivity contribution >= 4 is 0 Å². The molecule has 0 fully saturated rings. The quantitative estimate of drug-likeness (QED) is 0.566. The van der Waals surface area contributed by atoms with Crippen molar-refractivity contribution in [2.75, 3.05) is 19.6 Å². The van der Waals surface area contributed by atoms with Crippen molar-refractivity contribution in [1.29, 1.82) is 0 Å². The van der Waals surface area contributed by atoms with Crippen molar-refractivity contribution in [2.24, 2.45) is 0 Å². The Hall–Kier alpha value is -0.461. The minimum absolute atomic E-state index is 0. The van der Waals surface area contributed by atoms with Gasteiger partial charge < -0.3 is 26.4 Å². The molecule has 19 heavy (non-hydrogen) atoms. The summed E-state index contributed by atoms with van der Waals surface area (Å²) in [5.74, 6) is 0. The van der Waals surface area contributed by atoms with E-state index in [1.165, 1.54) is 36.2 Å². The first-order valence-electron chi connectivity index (χ1n) is 5.65. The minimum atomic E-state index is 0. The van der Waals surface area contributed by atoms with Gasteiger partial charge in [0, 0.05) is 22.6 Å². The van der Waals surface area contributed by atoms with Gasteiger partial charge in [0.15, 0.2) is 0 Å². The second-order valence-electron chi connectivity index (χ2n) is 3.93. The molecule has 6 heteroatoms. The van der Waals surface area contributed by atoms with Crippen LogP contribution in [-0.4, -0.2) is 46.0 Å². The van der Waals surface area contributed by atoms with Crippen LogP contribution >= 0.6 is 0 Å². The molecule has 0 aliphatic heterocycles. The van der Waals surface area contributed by atoms with E-state index in [-0.39, 0.29) is 39.0 Å². The Bertz CT molecular complexity index is 260. The molecule has 0 spiro atoms. The first-order chi connectivity index (χ1) is 6.76. The van der Waals surface area contributed by atoms with E-state index in [1.54, 1.807) is 0 Å². The fourth-order valence-corrected chi connectivity index (χ4v) is 1.98. The van der Waals surface area contributed by atoms with Crippen LogP contribution < -0.4 is 0 Å². The summed E-state index contributed by atoms with van der Waals surface area (Å²) in [6, 6.07) is 10.8. The third-order valence-corrected chi connectivity index (χ3v) is 3.37. The van der Waals surface area contributed by atoms with Crippen LogP contribution in [0.1, 0.15) is 26.3 Å². The molecule has 1 radical (unpaired) electrons. The smallest absolute Gasteiger partial charge is 0.104 e. The molecular formula is C13H29MnNO4. The van der Waals surface area contributed by atoms with Crippen molar-refractivity contribution < 1.29 is 43.5 Å². The van der Waals surface area contributed by atoms with Gasteiger partial charge in [0.1, 0.15) is 6.54 Å². The molecular weight excluding hydrogens is 289 g/mol. The van der Waals surface area contributed by atoms with E-state index in [4.69, 9.17) is 0 Å². The Labute approximate surface area is 126 Å². The summed E-state index contributed by atoms with van der Waals surface area (Å²) >= 11 is 0. The van der Waals surface area contributed by atoms with Crippen molar-refractivity contribution in [3.63, 3.8) is 0 Å². The fourth-order valence-electron chi connectivity index (χ4n) is 1.98. The number of benzene rings is 1. The van der Waals surface area contributed by atoms with Gasteiger partial charge in [0.2, 0.25) is 0 Å². The van der Waals surface area contributed by atoms with Crippen molar-refractivity contribution in [1.82, 2.24) is 0 Å². The van der Waals surface area contributed by atoms with Gasteiger partial charge >= 0.3 is 0 Å². The van der Waals surface area contributed by atoms with Crippen LogP contribution in [0.2, 0.25) is 0 Å². The first-order valence-corrected chi connectivity index (χ1v) is 5.65. The van der Waals surface area contributed by atoms with Crippen LogP contribution in [0.4, 0.5) is 0 Å². The van der Waals surface area contributed by atoms with Gasteiger partial charge in [0.05, 0.1) is 19.6 Å². The summed E-state index contributed by atoms with van der Waals surface area (Å²) in [6.45, 7) is 11.7. The summed E-state index contributed by atoms with van der Waals surface area (Å²) in [6.07, 6.45) is 0. The molecule has 7 N–H and O–H groups in total. The molecule has 0 unspecified atom stereocenters. The van der Waals surface area contributed by atoms with E-state index in [9.17, 15) is 0 Å². The van der Waals surface area contributed by atoms with E-state index in [2.05, 4.69) is 51.1 Å².